The van der Waals surface area contributed by atoms with E-state index in [9.17, 15) is 0 Å². The van der Waals surface area contributed by atoms with Crippen LogP contribution in [0.4, 0.5) is 0 Å². The summed E-state index contributed by atoms with van der Waals surface area (Å²) in [4.78, 5) is 4.48. The van der Waals surface area contributed by atoms with E-state index in [1.807, 2.05) is 18.7 Å². The predicted molar refractivity (Wildman–Crippen MR) is 67.5 cm³/mol. The van der Waals surface area contributed by atoms with Gasteiger partial charge in [0.2, 0.25) is 0 Å². The van der Waals surface area contributed by atoms with Crippen molar-refractivity contribution in [1.82, 2.24) is 4.98 Å². The smallest absolute Gasteiger partial charge is 0.0965 e. The quantitative estimate of drug-likeness (QED) is 0.470. The van der Waals surface area contributed by atoms with E-state index >= 15 is 0 Å². The van der Waals surface area contributed by atoms with Gasteiger partial charge in [-0.2, -0.15) is 12.6 Å². The number of nitrogens with zero attached hydrogens (tertiary/aromatic N) is 1. The molecule has 1 nitrogen and oxygen atoms in total. The van der Waals surface area contributed by atoms with Crippen molar-refractivity contribution in [3.63, 3.8) is 0 Å². The monoisotopic (exact) mass is 227 g/mol. The average Bonchev–Trinajstić information content (AvgIpc) is 2.11. The summed E-state index contributed by atoms with van der Waals surface area (Å²) >= 11 is 6.03. The van der Waals surface area contributed by atoms with Gasteiger partial charge in [0.25, 0.3) is 0 Å². The molecule has 0 bridgehead atoms. The lowest BCUT2D eigenvalue weighted by Gasteiger charge is -2.03. The first kappa shape index (κ1) is 11.9. The Balaban J connectivity index is 2.42. The van der Waals surface area contributed by atoms with E-state index < -0.39 is 0 Å². The van der Waals surface area contributed by atoms with Crippen molar-refractivity contribution in [1.29, 1.82) is 0 Å². The van der Waals surface area contributed by atoms with Gasteiger partial charge in [-0.1, -0.05) is 0 Å². The molecule has 0 saturated carbocycles. The Labute approximate surface area is 96.1 Å². The molecule has 0 aliphatic carbocycles. The lowest BCUT2D eigenvalue weighted by atomic mass is 10.3. The van der Waals surface area contributed by atoms with E-state index in [0.29, 0.717) is 0 Å². The average molecular weight is 227 g/mol. The highest BCUT2D eigenvalue weighted by atomic mass is 32.2. The standard InChI is InChI=1S/C11H17NS2/c1-9-7-10(2)12-11(8-9)14-6-4-3-5-13/h7-8,13H,3-6H2,1-2H3. The Hall–Kier alpha value is -0.150. The third kappa shape index (κ3) is 4.38. The van der Waals surface area contributed by atoms with Crippen molar-refractivity contribution in [2.45, 2.75) is 31.7 Å². The maximum absolute atomic E-state index is 4.48. The molecule has 0 aromatic carbocycles. The van der Waals surface area contributed by atoms with Crippen molar-refractivity contribution >= 4 is 24.4 Å². The summed E-state index contributed by atoms with van der Waals surface area (Å²) in [6, 6.07) is 4.26. The van der Waals surface area contributed by atoms with E-state index in [0.717, 1.165) is 22.2 Å². The van der Waals surface area contributed by atoms with Crippen LogP contribution in [0.15, 0.2) is 17.2 Å². The van der Waals surface area contributed by atoms with Crippen LogP contribution in [0.2, 0.25) is 0 Å². The molecule has 0 fully saturated rings. The van der Waals surface area contributed by atoms with E-state index in [-0.39, 0.29) is 0 Å². The largest absolute Gasteiger partial charge is 0.247 e. The van der Waals surface area contributed by atoms with Crippen LogP contribution in [0, 0.1) is 13.8 Å². The Morgan fingerprint density at radius 1 is 1.29 bits per heavy atom. The lowest BCUT2D eigenvalue weighted by Crippen LogP contribution is -1.88. The summed E-state index contributed by atoms with van der Waals surface area (Å²) in [5.41, 5.74) is 2.41. The van der Waals surface area contributed by atoms with Gasteiger partial charge < -0.3 is 0 Å². The number of aryl methyl sites for hydroxylation is 2. The van der Waals surface area contributed by atoms with Gasteiger partial charge in [-0.25, -0.2) is 4.98 Å². The number of unbranched alkanes of at least 4 members (excludes halogenated alkanes) is 1. The van der Waals surface area contributed by atoms with E-state index in [4.69, 9.17) is 0 Å². The predicted octanol–water partition coefficient (Wildman–Crippen LogP) is 3.50. The number of pyridine rings is 1. The third-order valence-electron chi connectivity index (χ3n) is 1.88. The van der Waals surface area contributed by atoms with E-state index in [1.165, 1.54) is 18.4 Å². The summed E-state index contributed by atoms with van der Waals surface area (Å²) in [6.45, 7) is 4.16. The first-order valence-corrected chi connectivity index (χ1v) is 6.53. The van der Waals surface area contributed by atoms with Gasteiger partial charge in [0.05, 0.1) is 5.03 Å². The molecule has 1 aromatic rings. The Morgan fingerprint density at radius 2 is 2.07 bits per heavy atom. The van der Waals surface area contributed by atoms with Crippen molar-refractivity contribution < 1.29 is 0 Å². The number of rotatable bonds is 5. The summed E-state index contributed by atoms with van der Waals surface area (Å²) in [6.07, 6.45) is 2.42. The zero-order chi connectivity index (χ0) is 10.4. The van der Waals surface area contributed by atoms with Crippen molar-refractivity contribution in [2.24, 2.45) is 0 Å². The van der Waals surface area contributed by atoms with Crippen LogP contribution in [0.25, 0.3) is 0 Å². The van der Waals surface area contributed by atoms with Crippen molar-refractivity contribution in [3.05, 3.63) is 23.4 Å². The molecule has 0 radical (unpaired) electrons. The van der Waals surface area contributed by atoms with Crippen LogP contribution in [0.5, 0.6) is 0 Å². The summed E-state index contributed by atoms with van der Waals surface area (Å²) in [5.74, 6) is 2.14. The molecular formula is C11H17NS2. The number of aromatic nitrogens is 1. The highest BCUT2D eigenvalue weighted by Crippen LogP contribution is 2.18. The number of hydrogen-bond donors (Lipinski definition) is 1. The van der Waals surface area contributed by atoms with Crippen LogP contribution in [0.3, 0.4) is 0 Å². The van der Waals surface area contributed by atoms with Gasteiger partial charge in [-0.3, -0.25) is 0 Å². The van der Waals surface area contributed by atoms with Crippen LogP contribution < -0.4 is 0 Å². The van der Waals surface area contributed by atoms with Crippen molar-refractivity contribution in [2.75, 3.05) is 11.5 Å². The van der Waals surface area contributed by atoms with E-state index in [2.05, 4.69) is 36.7 Å². The fourth-order valence-corrected chi connectivity index (χ4v) is 2.53. The Bertz CT molecular complexity index is 266. The van der Waals surface area contributed by atoms with Gasteiger partial charge >= 0.3 is 0 Å². The molecule has 0 aliphatic heterocycles. The molecule has 14 heavy (non-hydrogen) atoms. The van der Waals surface area contributed by atoms with E-state index in [1.54, 1.807) is 0 Å². The minimum absolute atomic E-state index is 0.987. The zero-order valence-corrected chi connectivity index (χ0v) is 10.5. The highest BCUT2D eigenvalue weighted by molar-refractivity contribution is 7.99. The maximum atomic E-state index is 4.48. The van der Waals surface area contributed by atoms with Crippen LogP contribution in [0.1, 0.15) is 24.1 Å². The third-order valence-corrected chi connectivity index (χ3v) is 3.19. The van der Waals surface area contributed by atoms with Gasteiger partial charge in [-0.15, -0.1) is 11.8 Å². The van der Waals surface area contributed by atoms with Crippen LogP contribution in [-0.2, 0) is 0 Å². The molecule has 78 valence electrons. The normalized spacial score (nSPS) is 10.5. The van der Waals surface area contributed by atoms with Crippen molar-refractivity contribution in [3.8, 4) is 0 Å². The molecule has 0 unspecified atom stereocenters. The second-order valence-electron chi connectivity index (χ2n) is 3.40. The lowest BCUT2D eigenvalue weighted by molar-refractivity contribution is 0.907. The fourth-order valence-electron chi connectivity index (χ4n) is 1.27. The number of hydrogen-bond acceptors (Lipinski definition) is 3. The summed E-state index contributed by atoms with van der Waals surface area (Å²) < 4.78 is 0. The fraction of sp³-hybridized carbons (Fsp3) is 0.545. The minimum atomic E-state index is 0.987. The molecule has 1 aromatic heterocycles. The van der Waals surface area contributed by atoms with Gasteiger partial charge in [0.15, 0.2) is 0 Å². The topological polar surface area (TPSA) is 12.9 Å². The molecule has 0 saturated heterocycles. The molecule has 0 aliphatic rings. The van der Waals surface area contributed by atoms with Crippen LogP contribution in [-0.4, -0.2) is 16.5 Å². The SMILES string of the molecule is Cc1cc(C)nc(SCCCCS)c1. The van der Waals surface area contributed by atoms with Crippen LogP contribution >= 0.6 is 24.4 Å². The molecule has 0 spiro atoms. The molecule has 3 heteroatoms. The first-order chi connectivity index (χ1) is 6.72. The molecule has 0 amide bonds. The maximum Gasteiger partial charge on any atom is 0.0965 e. The Morgan fingerprint density at radius 3 is 2.71 bits per heavy atom. The zero-order valence-electron chi connectivity index (χ0n) is 8.79. The van der Waals surface area contributed by atoms with Gasteiger partial charge in [-0.05, 0) is 55.9 Å². The van der Waals surface area contributed by atoms with Gasteiger partial charge in [0.1, 0.15) is 0 Å². The second kappa shape index (κ2) is 6.36. The number of thiol groups is 1. The highest BCUT2D eigenvalue weighted by Gasteiger charge is 1.97. The molecule has 1 rings (SSSR count). The molecular weight excluding hydrogens is 210 g/mol. The summed E-state index contributed by atoms with van der Waals surface area (Å²) in [5, 5.41) is 1.15. The first-order valence-electron chi connectivity index (χ1n) is 4.91. The minimum Gasteiger partial charge on any atom is -0.247 e. The molecule has 0 N–H and O–H groups in total. The molecule has 1 heterocycles. The van der Waals surface area contributed by atoms with Gasteiger partial charge in [0, 0.05) is 5.69 Å². The molecule has 0 atom stereocenters. The summed E-state index contributed by atoms with van der Waals surface area (Å²) in [7, 11) is 0. The Kier molecular flexibility index (Phi) is 5.41. The number of thioether (sulfide) groups is 1. The second-order valence-corrected chi connectivity index (χ2v) is 4.97.